The molecule has 0 spiro atoms. The first-order valence-electron chi connectivity index (χ1n) is 4.08. The van der Waals surface area contributed by atoms with Crippen molar-refractivity contribution >= 4 is 39.2 Å². The van der Waals surface area contributed by atoms with E-state index in [-0.39, 0.29) is 12.3 Å². The lowest BCUT2D eigenvalue weighted by atomic mass is 10.1. The van der Waals surface area contributed by atoms with E-state index >= 15 is 0 Å². The van der Waals surface area contributed by atoms with Crippen molar-refractivity contribution in [2.24, 2.45) is 0 Å². The Balaban J connectivity index is 2.89. The highest BCUT2D eigenvalue weighted by molar-refractivity contribution is 9.10. The van der Waals surface area contributed by atoms with Gasteiger partial charge in [0.15, 0.2) is 12.3 Å². The molecule has 1 heterocycles. The molecule has 14 heavy (non-hydrogen) atoms. The second-order valence-corrected chi connectivity index (χ2v) is 4.55. The molecule has 0 unspecified atom stereocenters. The molecule has 0 radical (unpaired) electrons. The molecule has 74 valence electrons. The molecule has 1 aromatic heterocycles. The van der Waals surface area contributed by atoms with Crippen LogP contribution in [0.3, 0.4) is 0 Å². The van der Waals surface area contributed by atoms with Gasteiger partial charge < -0.3 is 0 Å². The van der Waals surface area contributed by atoms with E-state index in [1.165, 1.54) is 4.09 Å². The standard InChI is InChI=1S/C9H8BrFN2S/c1-5-3-7(10)4-8-6(2)12-13(14-11)9(5)8/h3-4H,1-2H3. The fourth-order valence-corrected chi connectivity index (χ4v) is 2.59. The van der Waals surface area contributed by atoms with Gasteiger partial charge in [-0.2, -0.15) is 9.19 Å². The minimum atomic E-state index is 0.129. The van der Waals surface area contributed by atoms with Gasteiger partial charge in [0.05, 0.1) is 11.2 Å². The number of hydrogen-bond acceptors (Lipinski definition) is 2. The second-order valence-electron chi connectivity index (χ2n) is 3.15. The Morgan fingerprint density at radius 3 is 2.79 bits per heavy atom. The molecule has 2 rings (SSSR count). The Labute approximate surface area is 94.0 Å². The maximum atomic E-state index is 12.6. The van der Waals surface area contributed by atoms with Gasteiger partial charge in [0.1, 0.15) is 0 Å². The highest BCUT2D eigenvalue weighted by Crippen LogP contribution is 2.28. The van der Waals surface area contributed by atoms with E-state index in [4.69, 9.17) is 0 Å². The number of halogens is 2. The number of aromatic nitrogens is 2. The summed E-state index contributed by atoms with van der Waals surface area (Å²) in [4.78, 5) is 0. The Morgan fingerprint density at radius 2 is 2.14 bits per heavy atom. The summed E-state index contributed by atoms with van der Waals surface area (Å²) in [5, 5.41) is 5.08. The molecule has 0 atom stereocenters. The zero-order valence-corrected chi connectivity index (χ0v) is 10.1. The monoisotopic (exact) mass is 274 g/mol. The lowest BCUT2D eigenvalue weighted by molar-refractivity contribution is 0.880. The van der Waals surface area contributed by atoms with E-state index in [9.17, 15) is 3.89 Å². The number of rotatable bonds is 1. The predicted octanol–water partition coefficient (Wildman–Crippen LogP) is 3.80. The van der Waals surface area contributed by atoms with Crippen LogP contribution in [0.4, 0.5) is 3.89 Å². The quantitative estimate of drug-likeness (QED) is 0.787. The maximum absolute atomic E-state index is 12.6. The first kappa shape index (κ1) is 9.98. The fraction of sp³-hybridized carbons (Fsp3) is 0.222. The van der Waals surface area contributed by atoms with E-state index < -0.39 is 0 Å². The molecule has 0 saturated heterocycles. The van der Waals surface area contributed by atoms with E-state index in [1.54, 1.807) is 0 Å². The third kappa shape index (κ3) is 1.44. The average molecular weight is 275 g/mol. The summed E-state index contributed by atoms with van der Waals surface area (Å²) in [6.45, 7) is 3.82. The molecule has 2 nitrogen and oxygen atoms in total. The smallest absolute Gasteiger partial charge is 0.176 e. The fourth-order valence-electron chi connectivity index (χ4n) is 1.56. The second kappa shape index (κ2) is 3.55. The lowest BCUT2D eigenvalue weighted by Gasteiger charge is -1.99. The van der Waals surface area contributed by atoms with Gasteiger partial charge in [-0.15, -0.1) is 3.89 Å². The number of fused-ring (bicyclic) bond motifs is 1. The third-order valence-corrected chi connectivity index (χ3v) is 3.01. The summed E-state index contributed by atoms with van der Waals surface area (Å²) in [6, 6.07) is 3.91. The van der Waals surface area contributed by atoms with Crippen molar-refractivity contribution < 1.29 is 3.89 Å². The molecule has 1 aromatic carbocycles. The van der Waals surface area contributed by atoms with E-state index in [0.717, 1.165) is 26.6 Å². The summed E-state index contributed by atoms with van der Waals surface area (Å²) in [7, 11) is 0. The van der Waals surface area contributed by atoms with Crippen molar-refractivity contribution in [2.45, 2.75) is 13.8 Å². The third-order valence-electron chi connectivity index (χ3n) is 2.15. The van der Waals surface area contributed by atoms with Crippen LogP contribution in [-0.2, 0) is 0 Å². The molecule has 0 saturated carbocycles. The van der Waals surface area contributed by atoms with Gasteiger partial charge in [0.25, 0.3) is 0 Å². The van der Waals surface area contributed by atoms with Crippen LogP contribution in [0, 0.1) is 13.8 Å². The summed E-state index contributed by atoms with van der Waals surface area (Å²) in [6.07, 6.45) is 0. The van der Waals surface area contributed by atoms with Gasteiger partial charge in [-0.3, -0.25) is 0 Å². The molecular formula is C9H8BrFN2S. The zero-order chi connectivity index (χ0) is 10.3. The minimum absolute atomic E-state index is 0.129. The van der Waals surface area contributed by atoms with Gasteiger partial charge in [0, 0.05) is 9.86 Å². The van der Waals surface area contributed by atoms with Gasteiger partial charge in [-0.1, -0.05) is 15.9 Å². The van der Waals surface area contributed by atoms with Crippen LogP contribution in [0.5, 0.6) is 0 Å². The van der Waals surface area contributed by atoms with Crippen LogP contribution in [0.25, 0.3) is 10.9 Å². The van der Waals surface area contributed by atoms with Crippen LogP contribution in [0.2, 0.25) is 0 Å². The highest BCUT2D eigenvalue weighted by Gasteiger charge is 2.11. The zero-order valence-electron chi connectivity index (χ0n) is 7.71. The van der Waals surface area contributed by atoms with Gasteiger partial charge in [0.2, 0.25) is 0 Å². The van der Waals surface area contributed by atoms with E-state index in [1.807, 2.05) is 26.0 Å². The Bertz CT molecular complexity index is 495. The summed E-state index contributed by atoms with van der Waals surface area (Å²) >= 11 is 3.54. The number of nitrogens with zero attached hydrogens (tertiary/aromatic N) is 2. The Kier molecular flexibility index (Phi) is 2.53. The number of benzene rings is 1. The SMILES string of the molecule is Cc1nn(SF)c2c(C)cc(Br)cc12. The topological polar surface area (TPSA) is 17.8 Å². The molecule has 0 aliphatic carbocycles. The predicted molar refractivity (Wildman–Crippen MR) is 61.0 cm³/mol. The van der Waals surface area contributed by atoms with Crippen molar-refractivity contribution in [3.05, 3.63) is 27.9 Å². The molecule has 0 N–H and O–H groups in total. The number of aryl methyl sites for hydroxylation is 2. The minimum Gasteiger partial charge on any atom is -0.176 e. The summed E-state index contributed by atoms with van der Waals surface area (Å²) in [5.41, 5.74) is 2.70. The highest BCUT2D eigenvalue weighted by atomic mass is 79.9. The first-order valence-corrected chi connectivity index (χ1v) is 5.54. The molecule has 5 heteroatoms. The largest absolute Gasteiger partial charge is 0.188 e. The first-order chi connectivity index (χ1) is 6.63. The van der Waals surface area contributed by atoms with E-state index in [0.29, 0.717) is 0 Å². The van der Waals surface area contributed by atoms with Crippen LogP contribution in [0.1, 0.15) is 11.3 Å². The molecule has 0 amide bonds. The van der Waals surface area contributed by atoms with E-state index in [2.05, 4.69) is 21.0 Å². The van der Waals surface area contributed by atoms with Crippen LogP contribution >= 0.6 is 28.3 Å². The molecular weight excluding hydrogens is 267 g/mol. The van der Waals surface area contributed by atoms with Crippen molar-refractivity contribution in [1.29, 1.82) is 0 Å². The van der Waals surface area contributed by atoms with Gasteiger partial charge in [-0.25, -0.2) is 0 Å². The molecule has 0 aliphatic rings. The Hall–Kier alpha value is -0.550. The summed E-state index contributed by atoms with van der Waals surface area (Å²) in [5.74, 6) is 0. The van der Waals surface area contributed by atoms with Crippen molar-refractivity contribution in [2.75, 3.05) is 0 Å². The summed E-state index contributed by atoms with van der Waals surface area (Å²) < 4.78 is 14.9. The Morgan fingerprint density at radius 1 is 1.43 bits per heavy atom. The lowest BCUT2D eigenvalue weighted by Crippen LogP contribution is -1.87. The molecule has 2 aromatic rings. The van der Waals surface area contributed by atoms with Crippen molar-refractivity contribution in [3.8, 4) is 0 Å². The van der Waals surface area contributed by atoms with Gasteiger partial charge in [-0.05, 0) is 31.5 Å². The van der Waals surface area contributed by atoms with Crippen LogP contribution < -0.4 is 0 Å². The molecule has 0 aliphatic heterocycles. The molecule has 0 bridgehead atoms. The molecule has 0 fully saturated rings. The maximum Gasteiger partial charge on any atom is 0.188 e. The van der Waals surface area contributed by atoms with Gasteiger partial charge >= 0.3 is 0 Å². The normalized spacial score (nSPS) is 11.1. The average Bonchev–Trinajstić information content (AvgIpc) is 2.43. The van der Waals surface area contributed by atoms with Crippen LogP contribution in [-0.4, -0.2) is 9.19 Å². The van der Waals surface area contributed by atoms with Crippen LogP contribution in [0.15, 0.2) is 16.6 Å². The number of hydrogen-bond donors (Lipinski definition) is 0. The van der Waals surface area contributed by atoms with Crippen molar-refractivity contribution in [3.63, 3.8) is 0 Å². The van der Waals surface area contributed by atoms with Crippen molar-refractivity contribution in [1.82, 2.24) is 9.19 Å².